The lowest BCUT2D eigenvalue weighted by Crippen LogP contribution is -2.27. The molecule has 178 valence electrons. The van der Waals surface area contributed by atoms with Crippen molar-refractivity contribution in [2.75, 3.05) is 11.5 Å². The number of aromatic nitrogens is 1. The highest BCUT2D eigenvalue weighted by atomic mass is 79.9. The van der Waals surface area contributed by atoms with Crippen LogP contribution in [0.15, 0.2) is 81.8 Å². The molecule has 0 atom stereocenters. The zero-order chi connectivity index (χ0) is 24.9. The van der Waals surface area contributed by atoms with Crippen LogP contribution in [0.3, 0.4) is 0 Å². The van der Waals surface area contributed by atoms with Gasteiger partial charge in [-0.1, -0.05) is 75.7 Å². The highest BCUT2D eigenvalue weighted by Crippen LogP contribution is 2.39. The van der Waals surface area contributed by atoms with Crippen molar-refractivity contribution in [3.63, 3.8) is 0 Å². The largest absolute Gasteiger partial charge is 0.481 e. The van der Waals surface area contributed by atoms with Crippen molar-refractivity contribution in [1.29, 1.82) is 0 Å². The zero-order valence-corrected chi connectivity index (χ0v) is 20.8. The van der Waals surface area contributed by atoms with Gasteiger partial charge in [-0.3, -0.25) is 4.79 Å². The molecule has 1 amide bonds. The monoisotopic (exact) mass is 534 g/mol. The number of aliphatic carboxylic acids is 1. The highest BCUT2D eigenvalue weighted by Gasteiger charge is 2.28. The minimum atomic E-state index is -0.861. The van der Waals surface area contributed by atoms with Crippen LogP contribution < -0.4 is 4.90 Å². The second-order valence-corrected chi connectivity index (χ2v) is 8.71. The molecule has 4 rings (SSSR count). The molecular formula is C27H23BrN2O5. The number of carboxylic acid groups (broad SMARTS) is 1. The highest BCUT2D eigenvalue weighted by molar-refractivity contribution is 9.10. The van der Waals surface area contributed by atoms with Crippen LogP contribution in [0.4, 0.5) is 16.2 Å². The number of amides is 1. The lowest BCUT2D eigenvalue weighted by molar-refractivity contribution is -0.136. The molecule has 7 nitrogen and oxygen atoms in total. The third-order valence-electron chi connectivity index (χ3n) is 5.37. The van der Waals surface area contributed by atoms with E-state index in [1.165, 1.54) is 4.90 Å². The van der Waals surface area contributed by atoms with Crippen LogP contribution in [0.2, 0.25) is 0 Å². The fraction of sp³-hybridized carbons (Fsp3) is 0.148. The van der Waals surface area contributed by atoms with Crippen LogP contribution in [0, 0.1) is 6.92 Å². The Balaban J connectivity index is 1.70. The van der Waals surface area contributed by atoms with Gasteiger partial charge in [-0.15, -0.1) is 0 Å². The SMILES string of the molecule is CCOC(=O)N(c1cccc(Br)c1)c1c(-c2ccc(-c3ccc(CC(=O)O)cc3)cc2)noc1C. The molecule has 3 aromatic carbocycles. The van der Waals surface area contributed by atoms with E-state index in [9.17, 15) is 9.59 Å². The van der Waals surface area contributed by atoms with Gasteiger partial charge in [0.2, 0.25) is 0 Å². The molecule has 8 heteroatoms. The molecule has 4 aromatic rings. The Labute approximate surface area is 211 Å². The molecule has 1 N–H and O–H groups in total. The first kappa shape index (κ1) is 24.2. The van der Waals surface area contributed by atoms with Crippen LogP contribution in [0.1, 0.15) is 18.2 Å². The molecule has 0 bridgehead atoms. The summed E-state index contributed by atoms with van der Waals surface area (Å²) in [5, 5.41) is 13.2. The molecule has 0 aliphatic heterocycles. The van der Waals surface area contributed by atoms with Gasteiger partial charge in [0.05, 0.1) is 18.7 Å². The van der Waals surface area contributed by atoms with Gasteiger partial charge in [0.1, 0.15) is 11.4 Å². The number of halogens is 1. The van der Waals surface area contributed by atoms with E-state index in [2.05, 4.69) is 21.1 Å². The summed E-state index contributed by atoms with van der Waals surface area (Å²) in [6.45, 7) is 3.73. The predicted molar refractivity (Wildman–Crippen MR) is 137 cm³/mol. The summed E-state index contributed by atoms with van der Waals surface area (Å²) in [5.74, 6) is -0.383. The minimum absolute atomic E-state index is 0.0115. The first-order valence-corrected chi connectivity index (χ1v) is 11.8. The molecule has 0 aliphatic rings. The summed E-state index contributed by atoms with van der Waals surface area (Å²) >= 11 is 3.46. The third-order valence-corrected chi connectivity index (χ3v) is 5.87. The molecule has 1 heterocycles. The van der Waals surface area contributed by atoms with Gasteiger partial charge in [-0.05, 0) is 48.7 Å². The fourth-order valence-electron chi connectivity index (χ4n) is 3.76. The molecule has 0 saturated heterocycles. The number of aryl methyl sites for hydroxylation is 1. The van der Waals surface area contributed by atoms with E-state index < -0.39 is 12.1 Å². The van der Waals surface area contributed by atoms with Crippen LogP contribution in [-0.4, -0.2) is 28.9 Å². The number of benzene rings is 3. The number of hydrogen-bond acceptors (Lipinski definition) is 5. The van der Waals surface area contributed by atoms with Crippen molar-refractivity contribution in [2.45, 2.75) is 20.3 Å². The van der Waals surface area contributed by atoms with Crippen LogP contribution in [0.5, 0.6) is 0 Å². The molecule has 0 fully saturated rings. The van der Waals surface area contributed by atoms with Crippen LogP contribution >= 0.6 is 15.9 Å². The normalized spacial score (nSPS) is 10.7. The quantitative estimate of drug-likeness (QED) is 0.274. The first-order chi connectivity index (χ1) is 16.9. The predicted octanol–water partition coefficient (Wildman–Crippen LogP) is 7.00. The Morgan fingerprint density at radius 2 is 1.63 bits per heavy atom. The second-order valence-electron chi connectivity index (χ2n) is 7.79. The average Bonchev–Trinajstić information content (AvgIpc) is 3.21. The number of carbonyl (C=O) groups is 2. The maximum atomic E-state index is 13.0. The second kappa shape index (κ2) is 10.6. The minimum Gasteiger partial charge on any atom is -0.481 e. The molecule has 35 heavy (non-hydrogen) atoms. The summed E-state index contributed by atoms with van der Waals surface area (Å²) in [7, 11) is 0. The Morgan fingerprint density at radius 1 is 1.00 bits per heavy atom. The van der Waals surface area contributed by atoms with Crippen LogP contribution in [0.25, 0.3) is 22.4 Å². The fourth-order valence-corrected chi connectivity index (χ4v) is 4.15. The number of rotatable bonds is 7. The van der Waals surface area contributed by atoms with Gasteiger partial charge >= 0.3 is 12.1 Å². The van der Waals surface area contributed by atoms with E-state index in [0.717, 1.165) is 26.7 Å². The lowest BCUT2D eigenvalue weighted by Gasteiger charge is -2.22. The Bertz CT molecular complexity index is 1350. The van der Waals surface area contributed by atoms with E-state index in [4.69, 9.17) is 14.4 Å². The molecule has 1 aromatic heterocycles. The smallest absolute Gasteiger partial charge is 0.419 e. The number of nitrogens with zero attached hydrogens (tertiary/aromatic N) is 2. The number of carbonyl (C=O) groups excluding carboxylic acids is 1. The van der Waals surface area contributed by atoms with Crippen LogP contribution in [-0.2, 0) is 16.0 Å². The Kier molecular flexibility index (Phi) is 7.31. The van der Waals surface area contributed by atoms with E-state index in [1.54, 1.807) is 13.8 Å². The average molecular weight is 535 g/mol. The Hall–Kier alpha value is -3.91. The van der Waals surface area contributed by atoms with Crippen molar-refractivity contribution in [3.8, 4) is 22.4 Å². The van der Waals surface area contributed by atoms with Gasteiger partial charge in [0.15, 0.2) is 5.76 Å². The van der Waals surface area contributed by atoms with Crippen molar-refractivity contribution in [1.82, 2.24) is 5.16 Å². The summed E-state index contributed by atoms with van der Waals surface area (Å²) in [6.07, 6.45) is -0.543. The Morgan fingerprint density at radius 3 is 2.23 bits per heavy atom. The molecule has 0 unspecified atom stereocenters. The number of anilines is 2. The van der Waals surface area contributed by atoms with E-state index >= 15 is 0 Å². The van der Waals surface area contributed by atoms with Crippen molar-refractivity contribution >= 4 is 39.4 Å². The van der Waals surface area contributed by atoms with Crippen molar-refractivity contribution in [3.05, 3.63) is 88.6 Å². The van der Waals surface area contributed by atoms with Crippen molar-refractivity contribution < 1.29 is 24.0 Å². The maximum Gasteiger partial charge on any atom is 0.419 e. The number of ether oxygens (including phenoxy) is 1. The first-order valence-electron chi connectivity index (χ1n) is 11.0. The molecule has 0 aliphatic carbocycles. The van der Waals surface area contributed by atoms with Gasteiger partial charge in [0, 0.05) is 10.0 Å². The summed E-state index contributed by atoms with van der Waals surface area (Å²) in [4.78, 5) is 25.4. The molecule has 0 saturated carbocycles. The lowest BCUT2D eigenvalue weighted by atomic mass is 10.0. The summed E-state index contributed by atoms with van der Waals surface area (Å²) in [6, 6.07) is 22.5. The van der Waals surface area contributed by atoms with Crippen molar-refractivity contribution in [2.24, 2.45) is 0 Å². The summed E-state index contributed by atoms with van der Waals surface area (Å²) < 4.78 is 11.7. The third kappa shape index (κ3) is 5.44. The van der Waals surface area contributed by atoms with E-state index in [1.807, 2.05) is 72.8 Å². The molecular weight excluding hydrogens is 512 g/mol. The van der Waals surface area contributed by atoms with Gasteiger partial charge < -0.3 is 14.4 Å². The number of hydrogen-bond donors (Lipinski definition) is 1. The molecule has 0 radical (unpaired) electrons. The molecule has 0 spiro atoms. The maximum absolute atomic E-state index is 13.0. The van der Waals surface area contributed by atoms with Gasteiger partial charge in [0.25, 0.3) is 0 Å². The van der Waals surface area contributed by atoms with E-state index in [0.29, 0.717) is 22.8 Å². The zero-order valence-electron chi connectivity index (χ0n) is 19.2. The topological polar surface area (TPSA) is 92.9 Å². The number of carboxylic acids is 1. The summed E-state index contributed by atoms with van der Waals surface area (Å²) in [5.41, 5.74) is 5.07. The standard InChI is InChI=1S/C27H23BrN2O5/c1-3-34-27(33)30(23-6-4-5-22(28)16-23)26-17(2)35-29-25(26)21-13-11-20(12-14-21)19-9-7-18(8-10-19)15-24(31)32/h4-14,16H,3,15H2,1-2H3,(H,31,32). The van der Waals surface area contributed by atoms with Gasteiger partial charge in [-0.25, -0.2) is 9.69 Å². The van der Waals surface area contributed by atoms with E-state index in [-0.39, 0.29) is 13.0 Å². The van der Waals surface area contributed by atoms with Gasteiger partial charge in [-0.2, -0.15) is 0 Å².